The number of anilines is 2. The van der Waals surface area contributed by atoms with Crippen LogP contribution in [0.1, 0.15) is 38.4 Å². The summed E-state index contributed by atoms with van der Waals surface area (Å²) in [5, 5.41) is 0. The first-order chi connectivity index (χ1) is 9.10. The van der Waals surface area contributed by atoms with Crippen LogP contribution >= 0.6 is 0 Å². The van der Waals surface area contributed by atoms with Gasteiger partial charge >= 0.3 is 0 Å². The summed E-state index contributed by atoms with van der Waals surface area (Å²) in [5.74, 6) is 3.33. The van der Waals surface area contributed by atoms with Crippen LogP contribution in [0.3, 0.4) is 0 Å². The molecule has 2 N–H and O–H groups in total. The van der Waals surface area contributed by atoms with Gasteiger partial charge in [0.2, 0.25) is 0 Å². The number of rotatable bonds is 4. The molecule has 0 bridgehead atoms. The summed E-state index contributed by atoms with van der Waals surface area (Å²) in [4.78, 5) is 11.2. The van der Waals surface area contributed by atoms with E-state index in [0.717, 1.165) is 44.2 Å². The van der Waals surface area contributed by atoms with E-state index >= 15 is 0 Å². The molecule has 5 heteroatoms. The Morgan fingerprint density at radius 3 is 2.63 bits per heavy atom. The summed E-state index contributed by atoms with van der Waals surface area (Å²) >= 11 is 0. The Bertz CT molecular complexity index is 414. The zero-order chi connectivity index (χ0) is 13.8. The molecule has 19 heavy (non-hydrogen) atoms. The molecule has 1 aromatic heterocycles. The fraction of sp³-hybridized carbons (Fsp3) is 0.714. The normalized spacial score (nSPS) is 17.2. The molecule has 0 aliphatic carbocycles. The number of hydrogen-bond donors (Lipinski definition) is 1. The van der Waals surface area contributed by atoms with Crippen molar-refractivity contribution in [1.29, 1.82) is 0 Å². The van der Waals surface area contributed by atoms with Gasteiger partial charge in [0.25, 0.3) is 0 Å². The van der Waals surface area contributed by atoms with E-state index in [1.54, 1.807) is 7.11 Å². The molecular formula is C14H24N4O. The quantitative estimate of drug-likeness (QED) is 0.901. The molecular weight excluding hydrogens is 240 g/mol. The number of nitrogens with zero attached hydrogens (tertiary/aromatic N) is 3. The van der Waals surface area contributed by atoms with E-state index in [0.29, 0.717) is 17.7 Å². The van der Waals surface area contributed by atoms with E-state index < -0.39 is 0 Å². The Morgan fingerprint density at radius 2 is 2.05 bits per heavy atom. The highest BCUT2D eigenvalue weighted by Gasteiger charge is 2.21. The zero-order valence-electron chi connectivity index (χ0n) is 12.1. The first kappa shape index (κ1) is 14.1. The molecule has 0 unspecified atom stereocenters. The molecule has 0 aromatic carbocycles. The largest absolute Gasteiger partial charge is 0.384 e. The summed E-state index contributed by atoms with van der Waals surface area (Å²) in [6, 6.07) is 1.88. The van der Waals surface area contributed by atoms with Gasteiger partial charge in [0.05, 0.1) is 0 Å². The van der Waals surface area contributed by atoms with Crippen molar-refractivity contribution in [1.82, 2.24) is 9.97 Å². The minimum atomic E-state index is 0.299. The number of hydrogen-bond acceptors (Lipinski definition) is 5. The van der Waals surface area contributed by atoms with Gasteiger partial charge in [-0.25, -0.2) is 9.97 Å². The highest BCUT2D eigenvalue weighted by Crippen LogP contribution is 2.24. The molecule has 1 saturated heterocycles. The monoisotopic (exact) mass is 264 g/mol. The smallest absolute Gasteiger partial charge is 0.135 e. The number of nitrogens with two attached hydrogens (primary N) is 1. The summed E-state index contributed by atoms with van der Waals surface area (Å²) < 4.78 is 5.23. The van der Waals surface area contributed by atoms with Crippen LogP contribution in [0.2, 0.25) is 0 Å². The number of aromatic nitrogens is 2. The third-order valence-corrected chi connectivity index (χ3v) is 3.61. The number of piperidine rings is 1. The zero-order valence-corrected chi connectivity index (χ0v) is 12.1. The fourth-order valence-electron chi connectivity index (χ4n) is 2.46. The lowest BCUT2D eigenvalue weighted by Gasteiger charge is -2.32. The molecule has 106 valence electrons. The predicted octanol–water partition coefficient (Wildman–Crippen LogP) is 2.04. The van der Waals surface area contributed by atoms with E-state index in [2.05, 4.69) is 28.7 Å². The van der Waals surface area contributed by atoms with Gasteiger partial charge in [-0.3, -0.25) is 0 Å². The SMILES string of the molecule is COCC1CCN(c2cc(N)nc(C(C)C)n2)CC1. The topological polar surface area (TPSA) is 64.3 Å². The van der Waals surface area contributed by atoms with Gasteiger partial charge in [-0.2, -0.15) is 0 Å². The Labute approximate surface area is 115 Å². The molecule has 0 atom stereocenters. The molecule has 5 nitrogen and oxygen atoms in total. The standard InChI is InChI=1S/C14H24N4O/c1-10(2)14-16-12(15)8-13(17-14)18-6-4-11(5-7-18)9-19-3/h8,10-11H,4-7,9H2,1-3H3,(H2,15,16,17). The van der Waals surface area contributed by atoms with Crippen LogP contribution in [0.25, 0.3) is 0 Å². The van der Waals surface area contributed by atoms with E-state index in [9.17, 15) is 0 Å². The molecule has 2 heterocycles. The molecule has 0 radical (unpaired) electrons. The highest BCUT2D eigenvalue weighted by molar-refractivity contribution is 5.47. The summed E-state index contributed by atoms with van der Waals surface area (Å²) in [6.07, 6.45) is 2.30. The van der Waals surface area contributed by atoms with Crippen molar-refractivity contribution in [3.63, 3.8) is 0 Å². The number of ether oxygens (including phenoxy) is 1. The molecule has 1 aliphatic heterocycles. The number of methoxy groups -OCH3 is 1. The van der Waals surface area contributed by atoms with E-state index in [1.165, 1.54) is 0 Å². The van der Waals surface area contributed by atoms with Gasteiger partial charge in [0.15, 0.2) is 0 Å². The average molecular weight is 264 g/mol. The second kappa shape index (κ2) is 6.19. The molecule has 1 fully saturated rings. The fourth-order valence-corrected chi connectivity index (χ4v) is 2.46. The average Bonchev–Trinajstić information content (AvgIpc) is 2.39. The van der Waals surface area contributed by atoms with Crippen molar-refractivity contribution in [3.8, 4) is 0 Å². The molecule has 1 aliphatic rings. The van der Waals surface area contributed by atoms with Crippen LogP contribution in [-0.2, 0) is 4.74 Å². The van der Waals surface area contributed by atoms with Crippen LogP contribution < -0.4 is 10.6 Å². The summed E-state index contributed by atoms with van der Waals surface area (Å²) in [6.45, 7) is 7.06. The summed E-state index contributed by atoms with van der Waals surface area (Å²) in [7, 11) is 1.77. The van der Waals surface area contributed by atoms with Gasteiger partial charge in [0, 0.05) is 38.8 Å². The van der Waals surface area contributed by atoms with E-state index in [1.807, 2.05) is 6.07 Å². The van der Waals surface area contributed by atoms with Crippen molar-refractivity contribution >= 4 is 11.6 Å². The summed E-state index contributed by atoms with van der Waals surface area (Å²) in [5.41, 5.74) is 5.88. The maximum atomic E-state index is 5.88. The van der Waals surface area contributed by atoms with Crippen molar-refractivity contribution in [2.75, 3.05) is 37.4 Å². The van der Waals surface area contributed by atoms with Crippen molar-refractivity contribution in [3.05, 3.63) is 11.9 Å². The third kappa shape index (κ3) is 3.56. The molecule has 0 spiro atoms. The lowest BCUT2D eigenvalue weighted by atomic mass is 9.98. The Morgan fingerprint density at radius 1 is 1.37 bits per heavy atom. The van der Waals surface area contributed by atoms with Crippen molar-refractivity contribution in [2.45, 2.75) is 32.6 Å². The van der Waals surface area contributed by atoms with Crippen molar-refractivity contribution < 1.29 is 4.74 Å². The van der Waals surface area contributed by atoms with E-state index in [-0.39, 0.29) is 0 Å². The minimum absolute atomic E-state index is 0.299. The van der Waals surface area contributed by atoms with Gasteiger partial charge < -0.3 is 15.4 Å². The van der Waals surface area contributed by atoms with Gasteiger partial charge in [-0.1, -0.05) is 13.8 Å². The maximum Gasteiger partial charge on any atom is 0.135 e. The van der Waals surface area contributed by atoms with Gasteiger partial charge in [-0.05, 0) is 18.8 Å². The van der Waals surface area contributed by atoms with E-state index in [4.69, 9.17) is 10.5 Å². The first-order valence-corrected chi connectivity index (χ1v) is 6.98. The molecule has 0 amide bonds. The number of nitrogen functional groups attached to an aromatic ring is 1. The second-order valence-electron chi connectivity index (χ2n) is 5.55. The van der Waals surface area contributed by atoms with Gasteiger partial charge in [-0.15, -0.1) is 0 Å². The highest BCUT2D eigenvalue weighted by atomic mass is 16.5. The van der Waals surface area contributed by atoms with Crippen LogP contribution in [0.5, 0.6) is 0 Å². The van der Waals surface area contributed by atoms with Crippen LogP contribution in [0.4, 0.5) is 11.6 Å². The second-order valence-corrected chi connectivity index (χ2v) is 5.55. The van der Waals surface area contributed by atoms with Crippen LogP contribution in [0.15, 0.2) is 6.07 Å². The lowest BCUT2D eigenvalue weighted by molar-refractivity contribution is 0.139. The lowest BCUT2D eigenvalue weighted by Crippen LogP contribution is -2.35. The van der Waals surface area contributed by atoms with Crippen LogP contribution in [-0.4, -0.2) is 36.8 Å². The Balaban J connectivity index is 2.06. The molecule has 1 aromatic rings. The molecule has 2 rings (SSSR count). The first-order valence-electron chi connectivity index (χ1n) is 6.98. The van der Waals surface area contributed by atoms with Crippen molar-refractivity contribution in [2.24, 2.45) is 5.92 Å². The molecule has 0 saturated carbocycles. The minimum Gasteiger partial charge on any atom is -0.384 e. The third-order valence-electron chi connectivity index (χ3n) is 3.61. The Hall–Kier alpha value is -1.36. The maximum absolute atomic E-state index is 5.88. The predicted molar refractivity (Wildman–Crippen MR) is 77.3 cm³/mol. The van der Waals surface area contributed by atoms with Gasteiger partial charge in [0.1, 0.15) is 17.5 Å². The van der Waals surface area contributed by atoms with Crippen LogP contribution in [0, 0.1) is 5.92 Å². The Kier molecular flexibility index (Phi) is 4.58.